The van der Waals surface area contributed by atoms with Gasteiger partial charge in [-0.2, -0.15) is 0 Å². The molecule has 0 saturated heterocycles. The first-order valence-electron chi connectivity index (χ1n) is 10.1. The van der Waals surface area contributed by atoms with Crippen LogP contribution in [-0.4, -0.2) is 18.5 Å². The van der Waals surface area contributed by atoms with Gasteiger partial charge in [-0.3, -0.25) is 4.79 Å². The second kappa shape index (κ2) is 8.34. The highest BCUT2D eigenvalue weighted by Gasteiger charge is 2.35. The van der Waals surface area contributed by atoms with Crippen LogP contribution in [0.25, 0.3) is 0 Å². The summed E-state index contributed by atoms with van der Waals surface area (Å²) in [5.74, 6) is 0.244. The molecule has 1 aliphatic carbocycles. The number of thiophene rings is 1. The molecule has 0 bridgehead atoms. The lowest BCUT2D eigenvalue weighted by Crippen LogP contribution is -2.28. The molecule has 27 heavy (non-hydrogen) atoms. The predicted molar refractivity (Wildman–Crippen MR) is 113 cm³/mol. The maximum absolute atomic E-state index is 12.6. The molecule has 4 nitrogen and oxygen atoms in total. The van der Waals surface area contributed by atoms with E-state index < -0.39 is 0 Å². The van der Waals surface area contributed by atoms with Gasteiger partial charge in [0.05, 0.1) is 12.2 Å². The normalized spacial score (nSPS) is 17.4. The molecule has 0 spiro atoms. The number of amides is 1. The van der Waals surface area contributed by atoms with Crippen LogP contribution in [0, 0.1) is 16.7 Å². The van der Waals surface area contributed by atoms with Gasteiger partial charge in [-0.25, -0.2) is 4.79 Å². The molecule has 0 fully saturated rings. The first-order valence-corrected chi connectivity index (χ1v) is 10.9. The number of anilines is 1. The van der Waals surface area contributed by atoms with E-state index >= 15 is 0 Å². The minimum absolute atomic E-state index is 0.0444. The minimum atomic E-state index is -0.311. The number of carbonyl (C=O) groups is 2. The van der Waals surface area contributed by atoms with E-state index in [9.17, 15) is 9.59 Å². The molecule has 1 aromatic heterocycles. The summed E-state index contributed by atoms with van der Waals surface area (Å²) in [4.78, 5) is 26.4. The number of nitrogens with one attached hydrogen (secondary N) is 1. The van der Waals surface area contributed by atoms with Gasteiger partial charge in [0.1, 0.15) is 5.00 Å². The van der Waals surface area contributed by atoms with E-state index in [2.05, 4.69) is 26.1 Å². The molecular formula is C22H35NO3S. The van der Waals surface area contributed by atoms with Crippen LogP contribution in [0.4, 0.5) is 5.00 Å². The van der Waals surface area contributed by atoms with E-state index in [-0.39, 0.29) is 22.7 Å². The van der Waals surface area contributed by atoms with Crippen molar-refractivity contribution in [2.45, 2.75) is 80.6 Å². The Kier molecular flexibility index (Phi) is 6.77. The van der Waals surface area contributed by atoms with Crippen molar-refractivity contribution < 1.29 is 14.3 Å². The Labute approximate surface area is 168 Å². The SMILES string of the molecule is CCOC(=O)c1c(NC(=O)CC(C)(C)C)sc2c1CC[C@H](C(C)(C)CC)C2. The number of esters is 1. The fraction of sp³-hybridized carbons (Fsp3) is 0.727. The molecule has 152 valence electrons. The van der Waals surface area contributed by atoms with Crippen molar-refractivity contribution in [3.05, 3.63) is 16.0 Å². The summed E-state index contributed by atoms with van der Waals surface area (Å²) in [6.45, 7) is 15.2. The van der Waals surface area contributed by atoms with E-state index in [0.29, 0.717) is 29.5 Å². The van der Waals surface area contributed by atoms with Crippen molar-refractivity contribution in [3.63, 3.8) is 0 Å². The van der Waals surface area contributed by atoms with Crippen molar-refractivity contribution in [1.29, 1.82) is 0 Å². The summed E-state index contributed by atoms with van der Waals surface area (Å²) in [6, 6.07) is 0. The van der Waals surface area contributed by atoms with Crippen LogP contribution in [0.1, 0.15) is 88.5 Å². The van der Waals surface area contributed by atoms with Crippen molar-refractivity contribution >= 4 is 28.2 Å². The Morgan fingerprint density at radius 3 is 2.41 bits per heavy atom. The first kappa shape index (κ1) is 21.9. The van der Waals surface area contributed by atoms with Crippen LogP contribution in [0.3, 0.4) is 0 Å². The Morgan fingerprint density at radius 1 is 1.19 bits per heavy atom. The molecule has 1 atom stereocenters. The van der Waals surface area contributed by atoms with Crippen LogP contribution in [0.2, 0.25) is 0 Å². The van der Waals surface area contributed by atoms with Crippen molar-refractivity contribution in [1.82, 2.24) is 0 Å². The van der Waals surface area contributed by atoms with Crippen molar-refractivity contribution in [2.24, 2.45) is 16.7 Å². The molecule has 2 rings (SSSR count). The summed E-state index contributed by atoms with van der Waals surface area (Å²) < 4.78 is 5.31. The number of rotatable bonds is 6. The largest absolute Gasteiger partial charge is 0.462 e. The van der Waals surface area contributed by atoms with Gasteiger partial charge in [-0.1, -0.05) is 48.0 Å². The van der Waals surface area contributed by atoms with Gasteiger partial charge in [0.2, 0.25) is 5.91 Å². The van der Waals surface area contributed by atoms with Crippen molar-refractivity contribution in [2.75, 3.05) is 11.9 Å². The van der Waals surface area contributed by atoms with E-state index in [4.69, 9.17) is 4.74 Å². The maximum Gasteiger partial charge on any atom is 0.341 e. The molecule has 1 aromatic rings. The number of hydrogen-bond acceptors (Lipinski definition) is 4. The fourth-order valence-electron chi connectivity index (χ4n) is 3.70. The van der Waals surface area contributed by atoms with Crippen LogP contribution in [-0.2, 0) is 22.4 Å². The molecule has 1 heterocycles. The monoisotopic (exact) mass is 393 g/mol. The zero-order valence-electron chi connectivity index (χ0n) is 18.0. The summed E-state index contributed by atoms with van der Waals surface area (Å²) in [7, 11) is 0. The molecular weight excluding hydrogens is 358 g/mol. The van der Waals surface area contributed by atoms with Gasteiger partial charge < -0.3 is 10.1 Å². The quantitative estimate of drug-likeness (QED) is 0.618. The highest BCUT2D eigenvalue weighted by molar-refractivity contribution is 7.17. The molecule has 1 N–H and O–H groups in total. The molecule has 1 amide bonds. The summed E-state index contributed by atoms with van der Waals surface area (Å²) in [5.41, 5.74) is 1.86. The Hall–Kier alpha value is -1.36. The van der Waals surface area contributed by atoms with E-state index in [1.54, 1.807) is 11.3 Å². The van der Waals surface area contributed by atoms with Crippen LogP contribution < -0.4 is 5.32 Å². The molecule has 0 aromatic carbocycles. The smallest absolute Gasteiger partial charge is 0.341 e. The Bertz CT molecular complexity index is 697. The molecule has 5 heteroatoms. The third-order valence-electron chi connectivity index (χ3n) is 5.71. The minimum Gasteiger partial charge on any atom is -0.462 e. The zero-order chi connectivity index (χ0) is 20.4. The summed E-state index contributed by atoms with van der Waals surface area (Å²) in [5, 5.41) is 3.68. The lowest BCUT2D eigenvalue weighted by Gasteiger charge is -2.36. The third-order valence-corrected chi connectivity index (χ3v) is 6.87. The van der Waals surface area contributed by atoms with Crippen molar-refractivity contribution in [3.8, 4) is 0 Å². The maximum atomic E-state index is 12.6. The van der Waals surface area contributed by atoms with E-state index in [1.807, 2.05) is 27.7 Å². The second-order valence-electron chi connectivity index (χ2n) is 9.50. The highest BCUT2D eigenvalue weighted by Crippen LogP contribution is 2.45. The van der Waals surface area contributed by atoms with Gasteiger partial charge in [-0.15, -0.1) is 11.3 Å². The number of ether oxygens (including phenoxy) is 1. The molecule has 0 aliphatic heterocycles. The standard InChI is InChI=1S/C22H35NO3S/c1-8-22(6,7)14-10-11-15-16(12-14)27-19(18(15)20(25)26-9-2)23-17(24)13-21(3,4)5/h14H,8-13H2,1-7H3,(H,23,24)/t14-/m0/s1. The Morgan fingerprint density at radius 2 is 1.85 bits per heavy atom. The highest BCUT2D eigenvalue weighted by atomic mass is 32.1. The van der Waals surface area contributed by atoms with Gasteiger partial charge in [0, 0.05) is 11.3 Å². The fourth-order valence-corrected chi connectivity index (χ4v) is 5.03. The number of carbonyl (C=O) groups excluding carboxylic acids is 2. The van der Waals surface area contributed by atoms with Crippen LogP contribution in [0.15, 0.2) is 0 Å². The first-order chi connectivity index (χ1) is 12.5. The second-order valence-corrected chi connectivity index (χ2v) is 10.6. The molecule has 0 radical (unpaired) electrons. The molecule has 0 saturated carbocycles. The summed E-state index contributed by atoms with van der Waals surface area (Å²) >= 11 is 1.57. The van der Waals surface area contributed by atoms with Gasteiger partial charge >= 0.3 is 5.97 Å². The number of fused-ring (bicyclic) bond motifs is 1. The summed E-state index contributed by atoms with van der Waals surface area (Å²) in [6.07, 6.45) is 4.49. The number of hydrogen-bond donors (Lipinski definition) is 1. The molecule has 0 unspecified atom stereocenters. The van der Waals surface area contributed by atoms with Gasteiger partial charge in [0.25, 0.3) is 0 Å². The van der Waals surface area contributed by atoms with Gasteiger partial charge in [0.15, 0.2) is 0 Å². The Balaban J connectivity index is 2.34. The predicted octanol–water partition coefficient (Wildman–Crippen LogP) is 5.84. The zero-order valence-corrected chi connectivity index (χ0v) is 18.8. The average Bonchev–Trinajstić information content (AvgIpc) is 2.89. The lowest BCUT2D eigenvalue weighted by atomic mass is 9.69. The third kappa shape index (κ3) is 5.34. The molecule has 1 aliphatic rings. The van der Waals surface area contributed by atoms with E-state index in [1.165, 1.54) is 4.88 Å². The van der Waals surface area contributed by atoms with Crippen LogP contribution in [0.5, 0.6) is 0 Å². The van der Waals surface area contributed by atoms with Gasteiger partial charge in [-0.05, 0) is 48.5 Å². The topological polar surface area (TPSA) is 55.4 Å². The van der Waals surface area contributed by atoms with Crippen LogP contribution >= 0.6 is 11.3 Å². The average molecular weight is 394 g/mol. The lowest BCUT2D eigenvalue weighted by molar-refractivity contribution is -0.117. The van der Waals surface area contributed by atoms with E-state index in [0.717, 1.165) is 31.2 Å².